The zero-order chi connectivity index (χ0) is 9.90. The Labute approximate surface area is 79.3 Å². The van der Waals surface area contributed by atoms with E-state index in [0.29, 0.717) is 6.61 Å². The second-order valence-electron chi connectivity index (χ2n) is 3.91. The van der Waals surface area contributed by atoms with E-state index in [1.54, 1.807) is 0 Å². The summed E-state index contributed by atoms with van der Waals surface area (Å²) < 4.78 is 10.9. The van der Waals surface area contributed by atoms with E-state index in [2.05, 4.69) is 0 Å². The molecule has 3 heteroatoms. The first kappa shape index (κ1) is 10.7. The van der Waals surface area contributed by atoms with Crippen LogP contribution in [0.25, 0.3) is 0 Å². The van der Waals surface area contributed by atoms with Crippen LogP contribution in [0.5, 0.6) is 0 Å². The van der Waals surface area contributed by atoms with Crippen LogP contribution in [-0.2, 0) is 9.47 Å². The topological polar surface area (TPSA) is 38.7 Å². The number of hydrogen-bond donors (Lipinski definition) is 1. The summed E-state index contributed by atoms with van der Waals surface area (Å²) in [4.78, 5) is 0. The van der Waals surface area contributed by atoms with Crippen molar-refractivity contribution in [2.24, 2.45) is 5.92 Å². The van der Waals surface area contributed by atoms with E-state index in [0.717, 1.165) is 0 Å². The lowest BCUT2D eigenvalue weighted by atomic mass is 10.1. The molecule has 1 aliphatic heterocycles. The van der Waals surface area contributed by atoms with Crippen LogP contribution in [0.4, 0.5) is 0 Å². The van der Waals surface area contributed by atoms with E-state index < -0.39 is 5.79 Å². The molecule has 2 atom stereocenters. The maximum Gasteiger partial charge on any atom is 0.163 e. The highest BCUT2D eigenvalue weighted by atomic mass is 16.7. The van der Waals surface area contributed by atoms with Crippen LogP contribution in [0.1, 0.15) is 20.8 Å². The Bertz CT molecular complexity index is 187. The van der Waals surface area contributed by atoms with Crippen LogP contribution in [-0.4, -0.2) is 30.2 Å². The molecule has 3 nitrogen and oxygen atoms in total. The highest BCUT2D eigenvalue weighted by Gasteiger charge is 2.30. The molecule has 0 aromatic carbocycles. The van der Waals surface area contributed by atoms with Crippen molar-refractivity contribution < 1.29 is 14.6 Å². The van der Waals surface area contributed by atoms with Crippen molar-refractivity contribution in [2.75, 3.05) is 13.2 Å². The molecule has 0 aromatic rings. The molecule has 1 heterocycles. The molecule has 0 radical (unpaired) electrons. The number of rotatable bonds is 3. The molecule has 1 N–H and O–H groups in total. The summed E-state index contributed by atoms with van der Waals surface area (Å²) in [5.74, 6) is -0.274. The van der Waals surface area contributed by atoms with Crippen molar-refractivity contribution in [2.45, 2.75) is 32.7 Å². The molecule has 0 amide bonds. The van der Waals surface area contributed by atoms with Gasteiger partial charge in [0.15, 0.2) is 5.79 Å². The first-order valence-electron chi connectivity index (χ1n) is 4.64. The summed E-state index contributed by atoms with van der Waals surface area (Å²) in [5, 5.41) is 8.79. The van der Waals surface area contributed by atoms with Crippen molar-refractivity contribution >= 4 is 0 Å². The van der Waals surface area contributed by atoms with Gasteiger partial charge >= 0.3 is 0 Å². The standard InChI is InChI=1S/C10H18O3/c1-8(6-11)4-5-9-7-12-10(2,3)13-9/h4-5,8-9,11H,6-7H2,1-3H3/b5-4+. The molecule has 0 saturated carbocycles. The fraction of sp³-hybridized carbons (Fsp3) is 0.800. The molecule has 1 fully saturated rings. The van der Waals surface area contributed by atoms with Gasteiger partial charge in [0.1, 0.15) is 6.10 Å². The predicted octanol–water partition coefficient (Wildman–Crippen LogP) is 1.32. The number of hydrogen-bond acceptors (Lipinski definition) is 3. The zero-order valence-corrected chi connectivity index (χ0v) is 8.49. The minimum absolute atomic E-state index is 0.0315. The van der Waals surface area contributed by atoms with Crippen molar-refractivity contribution in [1.29, 1.82) is 0 Å². The SMILES string of the molecule is CC(/C=C/C1COC(C)(C)O1)CO. The summed E-state index contributed by atoms with van der Waals surface area (Å²) in [7, 11) is 0. The lowest BCUT2D eigenvalue weighted by molar-refractivity contribution is -0.133. The predicted molar refractivity (Wildman–Crippen MR) is 50.3 cm³/mol. The third-order valence-corrected chi connectivity index (χ3v) is 1.97. The summed E-state index contributed by atoms with van der Waals surface area (Å²) in [5.41, 5.74) is 0. The second-order valence-corrected chi connectivity index (χ2v) is 3.91. The quantitative estimate of drug-likeness (QED) is 0.676. The van der Waals surface area contributed by atoms with Gasteiger partial charge in [0.2, 0.25) is 0 Å². The molecule has 1 saturated heterocycles. The minimum Gasteiger partial charge on any atom is -0.396 e. The summed E-state index contributed by atoms with van der Waals surface area (Å²) in [6, 6.07) is 0. The van der Waals surface area contributed by atoms with Gasteiger partial charge in [-0.15, -0.1) is 0 Å². The Morgan fingerprint density at radius 2 is 2.31 bits per heavy atom. The molecule has 0 aromatic heterocycles. The van der Waals surface area contributed by atoms with Crippen LogP contribution < -0.4 is 0 Å². The average Bonchev–Trinajstić information content (AvgIpc) is 2.41. The summed E-state index contributed by atoms with van der Waals surface area (Å²) in [6.07, 6.45) is 3.94. The number of aliphatic hydroxyl groups excluding tert-OH is 1. The van der Waals surface area contributed by atoms with E-state index in [4.69, 9.17) is 14.6 Å². The van der Waals surface area contributed by atoms with Crippen LogP contribution in [0, 0.1) is 5.92 Å². The van der Waals surface area contributed by atoms with Gasteiger partial charge in [0.05, 0.1) is 6.61 Å². The third kappa shape index (κ3) is 3.46. The zero-order valence-electron chi connectivity index (χ0n) is 8.49. The van der Waals surface area contributed by atoms with Crippen LogP contribution in [0.15, 0.2) is 12.2 Å². The van der Waals surface area contributed by atoms with E-state index in [1.165, 1.54) is 0 Å². The van der Waals surface area contributed by atoms with Crippen molar-refractivity contribution in [1.82, 2.24) is 0 Å². The normalized spacial score (nSPS) is 29.7. The Morgan fingerprint density at radius 3 is 2.77 bits per heavy atom. The largest absolute Gasteiger partial charge is 0.396 e. The van der Waals surface area contributed by atoms with Gasteiger partial charge in [0, 0.05) is 6.61 Å². The smallest absolute Gasteiger partial charge is 0.163 e. The van der Waals surface area contributed by atoms with E-state index in [-0.39, 0.29) is 18.6 Å². The average molecular weight is 186 g/mol. The lowest BCUT2D eigenvalue weighted by Crippen LogP contribution is -2.20. The molecular weight excluding hydrogens is 168 g/mol. The second kappa shape index (κ2) is 4.22. The van der Waals surface area contributed by atoms with Crippen LogP contribution in [0.2, 0.25) is 0 Å². The van der Waals surface area contributed by atoms with E-state index in [1.807, 2.05) is 32.9 Å². The maximum atomic E-state index is 8.79. The van der Waals surface area contributed by atoms with E-state index >= 15 is 0 Å². The molecule has 0 spiro atoms. The minimum atomic E-state index is -0.461. The number of ether oxygens (including phenoxy) is 2. The number of aliphatic hydroxyl groups is 1. The van der Waals surface area contributed by atoms with Crippen molar-refractivity contribution in [3.05, 3.63) is 12.2 Å². The molecule has 76 valence electrons. The molecule has 0 bridgehead atoms. The molecule has 0 aliphatic carbocycles. The van der Waals surface area contributed by atoms with Gasteiger partial charge in [-0.25, -0.2) is 0 Å². The monoisotopic (exact) mass is 186 g/mol. The van der Waals surface area contributed by atoms with Crippen LogP contribution in [0.3, 0.4) is 0 Å². The van der Waals surface area contributed by atoms with Gasteiger partial charge in [-0.3, -0.25) is 0 Å². The van der Waals surface area contributed by atoms with E-state index in [9.17, 15) is 0 Å². The molecule has 13 heavy (non-hydrogen) atoms. The summed E-state index contributed by atoms with van der Waals surface area (Å²) >= 11 is 0. The highest BCUT2D eigenvalue weighted by molar-refractivity contribution is 4.95. The van der Waals surface area contributed by atoms with Gasteiger partial charge in [-0.2, -0.15) is 0 Å². The lowest BCUT2D eigenvalue weighted by Gasteiger charge is -2.15. The van der Waals surface area contributed by atoms with Crippen molar-refractivity contribution in [3.63, 3.8) is 0 Å². The Hall–Kier alpha value is -0.380. The van der Waals surface area contributed by atoms with Gasteiger partial charge in [-0.05, 0) is 19.8 Å². The molecule has 2 unspecified atom stereocenters. The van der Waals surface area contributed by atoms with Gasteiger partial charge < -0.3 is 14.6 Å². The molecular formula is C10H18O3. The van der Waals surface area contributed by atoms with Gasteiger partial charge in [0.25, 0.3) is 0 Å². The first-order valence-corrected chi connectivity index (χ1v) is 4.64. The third-order valence-electron chi connectivity index (χ3n) is 1.97. The van der Waals surface area contributed by atoms with Crippen molar-refractivity contribution in [3.8, 4) is 0 Å². The Morgan fingerprint density at radius 1 is 1.62 bits per heavy atom. The Kier molecular flexibility index (Phi) is 3.47. The maximum absolute atomic E-state index is 8.79. The summed E-state index contributed by atoms with van der Waals surface area (Å²) in [6.45, 7) is 6.53. The molecule has 1 aliphatic rings. The molecule has 1 rings (SSSR count). The fourth-order valence-corrected chi connectivity index (χ4v) is 1.18. The Balaban J connectivity index is 2.36. The first-order chi connectivity index (χ1) is 6.03. The van der Waals surface area contributed by atoms with Gasteiger partial charge in [-0.1, -0.05) is 19.1 Å². The highest BCUT2D eigenvalue weighted by Crippen LogP contribution is 2.22. The van der Waals surface area contributed by atoms with Crippen LogP contribution >= 0.6 is 0 Å². The fourth-order valence-electron chi connectivity index (χ4n) is 1.18.